The molecule has 0 spiro atoms. The van der Waals surface area contributed by atoms with Crippen LogP contribution in [-0.4, -0.2) is 57.2 Å². The number of halogens is 3. The van der Waals surface area contributed by atoms with Gasteiger partial charge in [-0.05, 0) is 83.8 Å². The van der Waals surface area contributed by atoms with Crippen LogP contribution in [0.2, 0.25) is 0 Å². The summed E-state index contributed by atoms with van der Waals surface area (Å²) in [6.07, 6.45) is -0.702. The maximum Gasteiger partial charge on any atom is 0.573 e. The number of carboxylic acids is 1. The van der Waals surface area contributed by atoms with Crippen LogP contribution in [0.1, 0.15) is 30.9 Å². The summed E-state index contributed by atoms with van der Waals surface area (Å²) in [5, 5.41) is 9.05. The smallest absolute Gasteiger partial charge is 0.482 e. The van der Waals surface area contributed by atoms with E-state index < -0.39 is 29.1 Å². The van der Waals surface area contributed by atoms with Crippen molar-refractivity contribution in [1.82, 2.24) is 4.31 Å². The number of carbonyl (C=O) groups is 1. The molecule has 1 heterocycles. The van der Waals surface area contributed by atoms with Gasteiger partial charge in [0.25, 0.3) is 0 Å². The number of hydrogen-bond acceptors (Lipinski definition) is 5. The van der Waals surface area contributed by atoms with E-state index in [0.717, 1.165) is 35.3 Å². The van der Waals surface area contributed by atoms with E-state index in [1.807, 2.05) is 24.2 Å². The second-order valence-corrected chi connectivity index (χ2v) is 12.6. The molecule has 0 saturated heterocycles. The summed E-state index contributed by atoms with van der Waals surface area (Å²) in [5.41, 5.74) is 2.07. The highest BCUT2D eigenvalue weighted by molar-refractivity contribution is 8.01. The fraction of sp³-hybridized carbons (Fsp3) is 0.458. The number of fused-ring (bicyclic) bond motifs is 1. The number of ether oxygens (including phenoxy) is 2. The third-order valence-corrected chi connectivity index (χ3v) is 9.91. The second-order valence-electron chi connectivity index (χ2n) is 8.46. The SMILES string of the molecule is CCCN(C[C@H]1CCc2c(ccc(OCC(=O)O)c2C)S1)[SH](C)(=O)c1ccc(OC(F)(F)F)cc1. The molecular weight excluding hydrogens is 503 g/mol. The van der Waals surface area contributed by atoms with Gasteiger partial charge < -0.3 is 14.6 Å². The molecule has 0 radical (unpaired) electrons. The lowest BCUT2D eigenvalue weighted by Crippen LogP contribution is -2.41. The zero-order valence-electron chi connectivity index (χ0n) is 19.8. The molecule has 0 saturated carbocycles. The van der Waals surface area contributed by atoms with Gasteiger partial charge in [-0.3, -0.25) is 4.21 Å². The van der Waals surface area contributed by atoms with E-state index in [1.165, 1.54) is 24.3 Å². The van der Waals surface area contributed by atoms with E-state index in [4.69, 9.17) is 9.84 Å². The summed E-state index contributed by atoms with van der Waals surface area (Å²) in [7, 11) is -3.02. The van der Waals surface area contributed by atoms with E-state index >= 15 is 0 Å². The summed E-state index contributed by atoms with van der Waals surface area (Å²) in [4.78, 5) is 12.4. The first kappa shape index (κ1) is 27.3. The van der Waals surface area contributed by atoms with Crippen molar-refractivity contribution in [2.24, 2.45) is 0 Å². The molecule has 6 nitrogen and oxygen atoms in total. The number of nitrogens with zero attached hydrogens (tertiary/aromatic N) is 1. The lowest BCUT2D eigenvalue weighted by atomic mass is 10.0. The Balaban J connectivity index is 1.73. The van der Waals surface area contributed by atoms with Gasteiger partial charge in [-0.2, -0.15) is 0 Å². The van der Waals surface area contributed by atoms with Crippen molar-refractivity contribution in [2.45, 2.75) is 54.5 Å². The zero-order valence-corrected chi connectivity index (χ0v) is 21.5. The number of aliphatic carboxylic acids is 1. The Morgan fingerprint density at radius 1 is 1.23 bits per heavy atom. The number of alkyl halides is 3. The molecule has 0 bridgehead atoms. The molecule has 3 rings (SSSR count). The van der Waals surface area contributed by atoms with Crippen LogP contribution in [0, 0.1) is 6.92 Å². The Bertz CT molecular complexity index is 1090. The zero-order chi connectivity index (χ0) is 25.8. The van der Waals surface area contributed by atoms with E-state index in [0.29, 0.717) is 23.7 Å². The third kappa shape index (κ3) is 7.14. The highest BCUT2D eigenvalue weighted by atomic mass is 32.3. The molecule has 1 atom stereocenters. The molecule has 0 aromatic heterocycles. The average molecular weight is 534 g/mol. The van der Waals surface area contributed by atoms with E-state index in [-0.39, 0.29) is 11.0 Å². The highest BCUT2D eigenvalue weighted by Crippen LogP contribution is 2.41. The summed E-state index contributed by atoms with van der Waals surface area (Å²) >= 11 is 1.70. The molecule has 2 aromatic carbocycles. The normalized spacial score (nSPS) is 16.6. The molecule has 2 aromatic rings. The van der Waals surface area contributed by atoms with Gasteiger partial charge in [0.2, 0.25) is 0 Å². The number of benzene rings is 2. The first-order valence-corrected chi connectivity index (χ1v) is 14.2. The molecule has 0 unspecified atom stereocenters. The van der Waals surface area contributed by atoms with Crippen molar-refractivity contribution in [1.29, 1.82) is 0 Å². The number of rotatable bonds is 10. The molecule has 1 aliphatic heterocycles. The molecule has 0 fully saturated rings. The van der Waals surface area contributed by atoms with Gasteiger partial charge >= 0.3 is 12.3 Å². The monoisotopic (exact) mass is 533 g/mol. The number of carboxylic acid groups (broad SMARTS) is 1. The number of hydrogen-bond donors (Lipinski definition) is 2. The quantitative estimate of drug-likeness (QED) is 0.414. The highest BCUT2D eigenvalue weighted by Gasteiger charge is 2.32. The lowest BCUT2D eigenvalue weighted by Gasteiger charge is -2.37. The maximum absolute atomic E-state index is 13.8. The largest absolute Gasteiger partial charge is 0.573 e. The van der Waals surface area contributed by atoms with Gasteiger partial charge in [-0.25, -0.2) is 9.10 Å². The minimum Gasteiger partial charge on any atom is -0.482 e. The molecular formula is C24H30F3NO5S2. The Labute approximate surface area is 208 Å². The van der Waals surface area contributed by atoms with E-state index in [9.17, 15) is 22.2 Å². The van der Waals surface area contributed by atoms with Gasteiger partial charge in [0.05, 0.1) is 0 Å². The van der Waals surface area contributed by atoms with E-state index in [2.05, 4.69) is 4.74 Å². The first-order chi connectivity index (χ1) is 16.4. The van der Waals surface area contributed by atoms with Gasteiger partial charge in [0.1, 0.15) is 11.5 Å². The Morgan fingerprint density at radius 2 is 1.91 bits per heavy atom. The van der Waals surface area contributed by atoms with Crippen molar-refractivity contribution in [3.05, 3.63) is 47.5 Å². The fourth-order valence-electron chi connectivity index (χ4n) is 4.12. The van der Waals surface area contributed by atoms with Crippen LogP contribution in [0.15, 0.2) is 46.2 Å². The third-order valence-electron chi connectivity index (χ3n) is 5.85. The Kier molecular flexibility index (Phi) is 8.76. The molecule has 1 aliphatic rings. The van der Waals surface area contributed by atoms with Gasteiger partial charge in [0, 0.05) is 34.4 Å². The maximum atomic E-state index is 13.8. The number of thioether (sulfide) groups is 1. The molecule has 0 aliphatic carbocycles. The van der Waals surface area contributed by atoms with Crippen molar-refractivity contribution in [2.75, 3.05) is 26.0 Å². The van der Waals surface area contributed by atoms with Gasteiger partial charge in [-0.15, -0.1) is 24.9 Å². The van der Waals surface area contributed by atoms with Gasteiger partial charge in [-0.1, -0.05) is 6.92 Å². The van der Waals surface area contributed by atoms with Crippen LogP contribution >= 0.6 is 11.8 Å². The predicted octanol–water partition coefficient (Wildman–Crippen LogP) is 5.10. The molecule has 194 valence electrons. The van der Waals surface area contributed by atoms with Crippen LogP contribution < -0.4 is 9.47 Å². The minimum atomic E-state index is -4.78. The van der Waals surface area contributed by atoms with E-state index in [1.54, 1.807) is 24.1 Å². The molecule has 0 amide bonds. The number of thiol groups is 1. The van der Waals surface area contributed by atoms with Crippen LogP contribution in [0.4, 0.5) is 13.2 Å². The van der Waals surface area contributed by atoms with Crippen molar-refractivity contribution >= 4 is 27.8 Å². The molecule has 35 heavy (non-hydrogen) atoms. The average Bonchev–Trinajstić information content (AvgIpc) is 2.77. The Hall–Kier alpha value is -2.24. The lowest BCUT2D eigenvalue weighted by molar-refractivity contribution is -0.274. The summed E-state index contributed by atoms with van der Waals surface area (Å²) in [6, 6.07) is 8.99. The van der Waals surface area contributed by atoms with Crippen LogP contribution in [0.25, 0.3) is 0 Å². The summed E-state index contributed by atoms with van der Waals surface area (Å²) in [6.45, 7) is 4.70. The second kappa shape index (κ2) is 11.2. The molecule has 1 N–H and O–H groups in total. The topological polar surface area (TPSA) is 76.1 Å². The fourth-order valence-corrected chi connectivity index (χ4v) is 7.74. The van der Waals surface area contributed by atoms with Crippen LogP contribution in [0.3, 0.4) is 0 Å². The van der Waals surface area contributed by atoms with Gasteiger partial charge in [0.15, 0.2) is 6.61 Å². The minimum absolute atomic E-state index is 0.181. The summed E-state index contributed by atoms with van der Waals surface area (Å²) < 4.78 is 62.5. The van der Waals surface area contributed by atoms with Crippen molar-refractivity contribution in [3.8, 4) is 11.5 Å². The standard InChI is InChI=1S/C24H30F3NO5S2/c1-4-13-28(35(3,31)19-8-5-17(6-9-19)33-24(25,26)27)14-18-7-10-20-16(2)21(32-15-23(29)30)11-12-22(20)34-18/h5-6,8-9,11-12,18,35H,4,7,10,13-15H2,1-3H3,(H,29,30)/t18-/m1/s1. The predicted molar refractivity (Wildman–Crippen MR) is 131 cm³/mol. The summed E-state index contributed by atoms with van der Waals surface area (Å²) in [5.74, 6) is -0.808. The Morgan fingerprint density at radius 3 is 2.51 bits per heavy atom. The van der Waals surface area contributed by atoms with Crippen molar-refractivity contribution < 1.29 is 36.8 Å². The first-order valence-electron chi connectivity index (χ1n) is 11.2. The van der Waals surface area contributed by atoms with Crippen LogP contribution in [-0.2, 0) is 21.3 Å². The van der Waals surface area contributed by atoms with Crippen LogP contribution in [0.5, 0.6) is 11.5 Å². The molecule has 11 heteroatoms. The van der Waals surface area contributed by atoms with Crippen molar-refractivity contribution in [3.63, 3.8) is 0 Å².